The summed E-state index contributed by atoms with van der Waals surface area (Å²) >= 11 is 0. The van der Waals surface area contributed by atoms with Crippen LogP contribution in [0.2, 0.25) is 0 Å². The van der Waals surface area contributed by atoms with Crippen molar-refractivity contribution < 1.29 is 19.5 Å². The molecular formula is C18H22N4O4. The fraction of sp³-hybridized carbons (Fsp3) is 0.500. The van der Waals surface area contributed by atoms with Crippen LogP contribution in [0, 0.1) is 0 Å². The molecule has 8 nitrogen and oxygen atoms in total. The van der Waals surface area contributed by atoms with Crippen LogP contribution in [0.5, 0.6) is 0 Å². The Labute approximate surface area is 151 Å². The van der Waals surface area contributed by atoms with E-state index in [1.165, 1.54) is 10.6 Å². The minimum absolute atomic E-state index is 0.112. The molecule has 3 aliphatic heterocycles. The van der Waals surface area contributed by atoms with Crippen LogP contribution in [-0.2, 0) is 14.4 Å². The van der Waals surface area contributed by atoms with Crippen molar-refractivity contribution in [3.63, 3.8) is 0 Å². The van der Waals surface area contributed by atoms with Gasteiger partial charge < -0.3 is 10.5 Å². The Bertz CT molecular complexity index is 719. The van der Waals surface area contributed by atoms with Crippen LogP contribution < -0.4 is 5.43 Å². The van der Waals surface area contributed by atoms with E-state index < -0.39 is 5.97 Å². The Morgan fingerprint density at radius 3 is 2.38 bits per heavy atom. The number of hydrazine groups is 2. The van der Waals surface area contributed by atoms with Crippen LogP contribution in [0.3, 0.4) is 0 Å². The largest absolute Gasteiger partial charge is 0.480 e. The number of piperidine rings is 2. The molecule has 8 heteroatoms. The van der Waals surface area contributed by atoms with E-state index in [4.69, 9.17) is 5.11 Å². The third-order valence-corrected chi connectivity index (χ3v) is 5.44. The van der Waals surface area contributed by atoms with Crippen LogP contribution in [0.15, 0.2) is 24.3 Å². The number of anilines is 1. The number of nitrogens with one attached hydrogen (secondary N) is 1. The van der Waals surface area contributed by atoms with Gasteiger partial charge in [0.2, 0.25) is 5.91 Å². The molecule has 3 saturated heterocycles. The fourth-order valence-corrected chi connectivity index (χ4v) is 4.00. The molecule has 3 fully saturated rings. The SMILES string of the molecule is O=C(O)CN1CCC(c2ccc(NN3C4CCC(=O)N3C4=O)cc2)CC1. The summed E-state index contributed by atoms with van der Waals surface area (Å²) in [5.74, 6) is -0.625. The maximum absolute atomic E-state index is 11.8. The number of carbonyl (C=O) groups excluding carboxylic acids is 2. The van der Waals surface area contributed by atoms with Gasteiger partial charge in [-0.1, -0.05) is 12.1 Å². The number of imide groups is 1. The number of carboxylic acid groups (broad SMARTS) is 1. The molecule has 1 atom stereocenters. The third-order valence-electron chi connectivity index (χ3n) is 5.44. The summed E-state index contributed by atoms with van der Waals surface area (Å²) in [5, 5.41) is 11.7. The average molecular weight is 358 g/mol. The first-order valence-corrected chi connectivity index (χ1v) is 8.99. The number of hydrogen-bond acceptors (Lipinski definition) is 6. The Morgan fingerprint density at radius 1 is 1.12 bits per heavy atom. The molecule has 1 unspecified atom stereocenters. The molecule has 0 radical (unpaired) electrons. The number of carbonyl (C=O) groups is 3. The van der Waals surface area contributed by atoms with Crippen molar-refractivity contribution in [2.75, 3.05) is 25.1 Å². The number of likely N-dealkylation sites (tertiary alicyclic amines) is 1. The predicted octanol–water partition coefficient (Wildman–Crippen LogP) is 1.03. The molecule has 2 amide bonds. The highest BCUT2D eigenvalue weighted by Gasteiger charge is 2.53. The Kier molecular flexibility index (Phi) is 4.37. The molecule has 1 aromatic rings. The second-order valence-corrected chi connectivity index (χ2v) is 7.12. The van der Waals surface area contributed by atoms with Gasteiger partial charge >= 0.3 is 5.97 Å². The standard InChI is InChI=1S/C18H22N4O4/c23-16-6-5-15-18(26)21(16)22(15)19-14-3-1-12(2-4-14)13-7-9-20(10-8-13)11-17(24)25/h1-4,13,15,19H,5-11H2,(H,24,25). The first kappa shape index (κ1) is 17.0. The van der Waals surface area contributed by atoms with Gasteiger partial charge in [-0.15, -0.1) is 5.12 Å². The average Bonchev–Trinajstić information content (AvgIpc) is 2.62. The number of aliphatic carboxylic acids is 1. The van der Waals surface area contributed by atoms with E-state index in [0.717, 1.165) is 31.6 Å². The summed E-state index contributed by atoms with van der Waals surface area (Å²) in [6.45, 7) is 1.71. The molecule has 1 aromatic carbocycles. The lowest BCUT2D eigenvalue weighted by atomic mass is 9.89. The van der Waals surface area contributed by atoms with Gasteiger partial charge in [0, 0.05) is 6.42 Å². The Morgan fingerprint density at radius 2 is 1.81 bits per heavy atom. The summed E-state index contributed by atoms with van der Waals surface area (Å²) in [4.78, 5) is 36.3. The lowest BCUT2D eigenvalue weighted by Crippen LogP contribution is -2.74. The molecule has 4 rings (SSSR count). The van der Waals surface area contributed by atoms with Gasteiger partial charge in [-0.05, 0) is 56.0 Å². The first-order chi connectivity index (χ1) is 12.5. The second-order valence-electron chi connectivity index (χ2n) is 7.12. The number of hydrogen-bond donors (Lipinski definition) is 2. The lowest BCUT2D eigenvalue weighted by molar-refractivity contribution is -0.203. The van der Waals surface area contributed by atoms with E-state index in [0.29, 0.717) is 18.8 Å². The highest BCUT2D eigenvalue weighted by molar-refractivity contribution is 6.04. The number of benzene rings is 1. The smallest absolute Gasteiger partial charge is 0.317 e. The molecule has 3 heterocycles. The van der Waals surface area contributed by atoms with Crippen LogP contribution in [0.1, 0.15) is 37.2 Å². The van der Waals surface area contributed by atoms with Crippen molar-refractivity contribution >= 4 is 23.5 Å². The van der Waals surface area contributed by atoms with Gasteiger partial charge in [0.15, 0.2) is 0 Å². The van der Waals surface area contributed by atoms with Crippen LogP contribution >= 0.6 is 0 Å². The van der Waals surface area contributed by atoms with Crippen molar-refractivity contribution in [3.05, 3.63) is 29.8 Å². The monoisotopic (exact) mass is 358 g/mol. The van der Waals surface area contributed by atoms with E-state index in [2.05, 4.69) is 17.6 Å². The number of nitrogens with zero attached hydrogens (tertiary/aromatic N) is 3. The van der Waals surface area contributed by atoms with Crippen LogP contribution in [0.4, 0.5) is 5.69 Å². The third kappa shape index (κ3) is 3.06. The summed E-state index contributed by atoms with van der Waals surface area (Å²) in [6, 6.07) is 7.81. The number of carboxylic acids is 1. The quantitative estimate of drug-likeness (QED) is 0.759. The first-order valence-electron chi connectivity index (χ1n) is 8.99. The molecule has 3 aliphatic rings. The molecule has 0 saturated carbocycles. The molecule has 0 aromatic heterocycles. The topological polar surface area (TPSA) is 93.2 Å². The minimum Gasteiger partial charge on any atom is -0.480 e. The summed E-state index contributed by atoms with van der Waals surface area (Å²) in [7, 11) is 0. The molecule has 138 valence electrons. The summed E-state index contributed by atoms with van der Waals surface area (Å²) in [5.41, 5.74) is 5.22. The van der Waals surface area contributed by atoms with E-state index in [-0.39, 0.29) is 24.4 Å². The van der Waals surface area contributed by atoms with Crippen molar-refractivity contribution in [3.8, 4) is 0 Å². The number of fused-ring (bicyclic) bond motifs is 2. The van der Waals surface area contributed by atoms with Gasteiger partial charge in [0.05, 0.1) is 12.2 Å². The highest BCUT2D eigenvalue weighted by atomic mass is 16.4. The second kappa shape index (κ2) is 6.69. The van der Waals surface area contributed by atoms with Gasteiger partial charge in [-0.2, -0.15) is 5.01 Å². The predicted molar refractivity (Wildman–Crippen MR) is 92.8 cm³/mol. The zero-order chi connectivity index (χ0) is 18.3. The number of amides is 2. The normalized spacial score (nSPS) is 24.5. The fourth-order valence-electron chi connectivity index (χ4n) is 4.00. The van der Waals surface area contributed by atoms with Gasteiger partial charge in [0.25, 0.3) is 5.91 Å². The van der Waals surface area contributed by atoms with Crippen molar-refractivity contribution in [2.45, 2.75) is 37.6 Å². The van der Waals surface area contributed by atoms with E-state index in [1.54, 1.807) is 5.12 Å². The van der Waals surface area contributed by atoms with Crippen LogP contribution in [-0.4, -0.2) is 63.6 Å². The van der Waals surface area contributed by atoms with Crippen LogP contribution in [0.25, 0.3) is 0 Å². The minimum atomic E-state index is -0.776. The molecule has 2 bridgehead atoms. The number of rotatable bonds is 5. The van der Waals surface area contributed by atoms with Crippen molar-refractivity contribution in [1.29, 1.82) is 0 Å². The zero-order valence-corrected chi connectivity index (χ0v) is 14.4. The molecule has 0 spiro atoms. The molecule has 26 heavy (non-hydrogen) atoms. The van der Waals surface area contributed by atoms with E-state index in [1.807, 2.05) is 17.0 Å². The molecular weight excluding hydrogens is 336 g/mol. The Hall–Kier alpha value is -2.45. The highest BCUT2D eigenvalue weighted by Crippen LogP contribution is 2.32. The van der Waals surface area contributed by atoms with Gasteiger partial charge in [-0.25, -0.2) is 0 Å². The Balaban J connectivity index is 1.34. The van der Waals surface area contributed by atoms with E-state index in [9.17, 15) is 14.4 Å². The molecule has 0 aliphatic carbocycles. The van der Waals surface area contributed by atoms with E-state index >= 15 is 0 Å². The van der Waals surface area contributed by atoms with Crippen molar-refractivity contribution in [2.24, 2.45) is 0 Å². The zero-order valence-electron chi connectivity index (χ0n) is 14.4. The maximum atomic E-state index is 11.8. The summed E-state index contributed by atoms with van der Waals surface area (Å²) in [6.07, 6.45) is 2.89. The molecule has 2 N–H and O–H groups in total. The van der Waals surface area contributed by atoms with Gasteiger partial charge in [0.1, 0.15) is 6.04 Å². The maximum Gasteiger partial charge on any atom is 0.317 e. The summed E-state index contributed by atoms with van der Waals surface area (Å²) < 4.78 is 0. The lowest BCUT2D eigenvalue weighted by Gasteiger charge is -2.51. The van der Waals surface area contributed by atoms with Gasteiger partial charge in [-0.3, -0.25) is 19.3 Å². The van der Waals surface area contributed by atoms with Crippen molar-refractivity contribution in [1.82, 2.24) is 15.0 Å².